The Bertz CT molecular complexity index is 1210. The van der Waals surface area contributed by atoms with Crippen molar-refractivity contribution in [1.82, 2.24) is 5.32 Å². The number of benzene rings is 1. The van der Waals surface area contributed by atoms with E-state index in [1.54, 1.807) is 0 Å². The van der Waals surface area contributed by atoms with Crippen LogP contribution >= 0.6 is 0 Å². The maximum absolute atomic E-state index is 13.3. The predicted octanol–water partition coefficient (Wildman–Crippen LogP) is 4.29. The number of esters is 3. The third kappa shape index (κ3) is 7.66. The second-order valence-electron chi connectivity index (χ2n) is 7.53. The minimum Gasteiger partial charge on any atom is -0.467 e. The summed E-state index contributed by atoms with van der Waals surface area (Å²) < 4.78 is 203. The number of carbonyl (C=O) groups is 4. The normalized spacial score (nSPS) is 14.1. The summed E-state index contributed by atoms with van der Waals surface area (Å²) in [6.07, 6.45) is -21.2. The molecule has 1 aromatic carbocycles. The lowest BCUT2D eigenvalue weighted by atomic mass is 10.0. The molecule has 0 aliphatic rings. The van der Waals surface area contributed by atoms with Crippen molar-refractivity contribution < 1.29 is 99.2 Å². The summed E-state index contributed by atoms with van der Waals surface area (Å²) in [6, 6.07) is -2.31. The van der Waals surface area contributed by atoms with Gasteiger partial charge in [-0.05, 0) is 17.7 Å². The van der Waals surface area contributed by atoms with E-state index >= 15 is 0 Å². The molecule has 1 atom stereocenters. The Kier molecular flexibility index (Phi) is 10.1. The SMILES string of the molecule is COC(=O)C(Cc1ccc(OC(=O)C(F)(F)C(F)(F)F)c(OC(=O)C(F)(F)C(F)(F)F)c1)NC(=O)C(F)(F)C(F)(F)F. The van der Waals surface area contributed by atoms with Gasteiger partial charge < -0.3 is 19.5 Å². The van der Waals surface area contributed by atoms with Gasteiger partial charge in [-0.3, -0.25) is 4.79 Å². The van der Waals surface area contributed by atoms with E-state index in [0.717, 1.165) is 5.32 Å². The summed E-state index contributed by atoms with van der Waals surface area (Å²) in [5.41, 5.74) is -0.887. The maximum atomic E-state index is 13.3. The number of rotatable bonds is 9. The molecule has 238 valence electrons. The molecule has 0 aliphatic heterocycles. The predicted molar refractivity (Wildman–Crippen MR) is 98.4 cm³/mol. The van der Waals surface area contributed by atoms with Crippen LogP contribution in [0.5, 0.6) is 11.5 Å². The van der Waals surface area contributed by atoms with Gasteiger partial charge >= 0.3 is 60.1 Å². The van der Waals surface area contributed by atoms with Crippen LogP contribution in [0.1, 0.15) is 5.56 Å². The average Bonchev–Trinajstić information content (AvgIpc) is 2.82. The Labute approximate surface area is 220 Å². The number of halogens is 15. The van der Waals surface area contributed by atoms with Crippen molar-refractivity contribution in [3.8, 4) is 11.5 Å². The van der Waals surface area contributed by atoms with Gasteiger partial charge in [0.15, 0.2) is 11.5 Å². The second-order valence-corrected chi connectivity index (χ2v) is 7.53. The molecule has 0 aliphatic carbocycles. The van der Waals surface area contributed by atoms with Crippen LogP contribution in [0.15, 0.2) is 18.2 Å². The van der Waals surface area contributed by atoms with Gasteiger partial charge in [0.2, 0.25) is 0 Å². The average molecular weight is 649 g/mol. The number of amides is 1. The smallest absolute Gasteiger partial charge is 0.465 e. The molecule has 1 N–H and O–H groups in total. The summed E-state index contributed by atoms with van der Waals surface area (Å²) in [6.45, 7) is 0. The first-order valence-electron chi connectivity index (χ1n) is 9.91. The first kappa shape index (κ1) is 36.1. The summed E-state index contributed by atoms with van der Waals surface area (Å²) in [7, 11) is 0.499. The van der Waals surface area contributed by atoms with Crippen molar-refractivity contribution in [3.63, 3.8) is 0 Å². The molecule has 0 fully saturated rings. The third-order valence-electron chi connectivity index (χ3n) is 4.51. The minimum atomic E-state index is -6.69. The molecule has 0 saturated carbocycles. The molecule has 0 spiro atoms. The van der Waals surface area contributed by atoms with E-state index in [9.17, 15) is 85.0 Å². The van der Waals surface area contributed by atoms with Crippen LogP contribution in [0.25, 0.3) is 0 Å². The summed E-state index contributed by atoms with van der Waals surface area (Å²) in [5.74, 6) is -34.8. The number of carbonyl (C=O) groups excluding carboxylic acids is 4. The molecule has 1 rings (SSSR count). The molecular formula is C19H10F15NO7. The maximum Gasteiger partial charge on any atom is 0.465 e. The Morgan fingerprint density at radius 2 is 1.07 bits per heavy atom. The number of methoxy groups -OCH3 is 1. The lowest BCUT2D eigenvalue weighted by Crippen LogP contribution is -2.55. The van der Waals surface area contributed by atoms with Crippen LogP contribution in [-0.2, 0) is 30.3 Å². The van der Waals surface area contributed by atoms with Crippen molar-refractivity contribution in [1.29, 1.82) is 0 Å². The quantitative estimate of drug-likeness (QED) is 0.242. The third-order valence-corrected chi connectivity index (χ3v) is 4.51. The molecule has 8 nitrogen and oxygen atoms in total. The van der Waals surface area contributed by atoms with Crippen molar-refractivity contribution in [2.24, 2.45) is 0 Å². The molecule has 1 unspecified atom stereocenters. The zero-order valence-electron chi connectivity index (χ0n) is 19.5. The van der Waals surface area contributed by atoms with Crippen molar-refractivity contribution in [3.05, 3.63) is 23.8 Å². The van der Waals surface area contributed by atoms with Crippen molar-refractivity contribution >= 4 is 23.8 Å². The molecule has 0 radical (unpaired) electrons. The van der Waals surface area contributed by atoms with E-state index < -0.39 is 89.6 Å². The Balaban J connectivity index is 3.58. The van der Waals surface area contributed by atoms with Gasteiger partial charge in [-0.25, -0.2) is 14.4 Å². The van der Waals surface area contributed by atoms with Crippen molar-refractivity contribution in [2.45, 2.75) is 48.8 Å². The van der Waals surface area contributed by atoms with Crippen molar-refractivity contribution in [2.75, 3.05) is 7.11 Å². The van der Waals surface area contributed by atoms with Gasteiger partial charge in [0.1, 0.15) is 6.04 Å². The van der Waals surface area contributed by atoms with E-state index in [-0.39, 0.29) is 12.1 Å². The van der Waals surface area contributed by atoms with E-state index in [2.05, 4.69) is 14.2 Å². The van der Waals surface area contributed by atoms with Crippen LogP contribution in [0.3, 0.4) is 0 Å². The largest absolute Gasteiger partial charge is 0.467 e. The lowest BCUT2D eigenvalue weighted by molar-refractivity contribution is -0.277. The van der Waals surface area contributed by atoms with E-state index in [1.807, 2.05) is 0 Å². The molecule has 23 heteroatoms. The van der Waals surface area contributed by atoms with Crippen LogP contribution in [0, 0.1) is 0 Å². The molecule has 0 saturated heterocycles. The molecule has 1 aromatic rings. The van der Waals surface area contributed by atoms with Gasteiger partial charge in [-0.2, -0.15) is 65.9 Å². The van der Waals surface area contributed by atoms with Crippen LogP contribution in [0.4, 0.5) is 65.9 Å². The lowest BCUT2D eigenvalue weighted by Gasteiger charge is -2.23. The molecule has 0 bridgehead atoms. The fourth-order valence-electron chi connectivity index (χ4n) is 2.35. The number of nitrogens with one attached hydrogen (secondary N) is 1. The fourth-order valence-corrected chi connectivity index (χ4v) is 2.35. The number of ether oxygens (including phenoxy) is 3. The Morgan fingerprint density at radius 1 is 0.667 bits per heavy atom. The van der Waals surface area contributed by atoms with E-state index in [0.29, 0.717) is 13.2 Å². The van der Waals surface area contributed by atoms with E-state index in [4.69, 9.17) is 0 Å². The van der Waals surface area contributed by atoms with Crippen LogP contribution in [0.2, 0.25) is 0 Å². The topological polar surface area (TPSA) is 108 Å². The molecule has 0 aromatic heterocycles. The zero-order chi connectivity index (χ0) is 33.3. The highest BCUT2D eigenvalue weighted by atomic mass is 19.4. The summed E-state index contributed by atoms with van der Waals surface area (Å²) in [4.78, 5) is 46.0. The van der Waals surface area contributed by atoms with Crippen LogP contribution < -0.4 is 14.8 Å². The summed E-state index contributed by atoms with van der Waals surface area (Å²) in [5, 5.41) is 0.881. The highest BCUT2D eigenvalue weighted by Gasteiger charge is 2.67. The first-order valence-corrected chi connectivity index (χ1v) is 9.91. The second kappa shape index (κ2) is 11.7. The van der Waals surface area contributed by atoms with Gasteiger partial charge in [0.05, 0.1) is 7.11 Å². The number of hydrogen-bond acceptors (Lipinski definition) is 7. The standard InChI is InChI=1S/C19H10F15NO7/c1-40-10(36)7(35-11(37)14(20,21)17(26,27)28)4-6-2-3-8(41-12(38)15(22,23)18(29,30)31)9(5-6)42-13(39)16(24,25)19(32,33)34/h2-3,5,7H,4H2,1H3,(H,35,37). The minimum absolute atomic E-state index is 0.00545. The number of hydrogen-bond donors (Lipinski definition) is 1. The number of alkyl halides is 15. The monoisotopic (exact) mass is 649 g/mol. The van der Waals surface area contributed by atoms with E-state index in [1.165, 1.54) is 0 Å². The fraction of sp³-hybridized carbons (Fsp3) is 0.474. The molecule has 1 amide bonds. The van der Waals surface area contributed by atoms with Gasteiger partial charge in [-0.1, -0.05) is 6.07 Å². The molecule has 0 heterocycles. The zero-order valence-corrected chi connectivity index (χ0v) is 19.5. The molecular weight excluding hydrogens is 639 g/mol. The highest BCUT2D eigenvalue weighted by molar-refractivity contribution is 5.89. The highest BCUT2D eigenvalue weighted by Crippen LogP contribution is 2.41. The summed E-state index contributed by atoms with van der Waals surface area (Å²) >= 11 is 0. The van der Waals surface area contributed by atoms with Crippen LogP contribution in [-0.4, -0.2) is 73.3 Å². The Hall–Kier alpha value is -3.95. The van der Waals surface area contributed by atoms with Gasteiger partial charge in [0.25, 0.3) is 0 Å². The van der Waals surface area contributed by atoms with Gasteiger partial charge in [0, 0.05) is 6.42 Å². The Morgan fingerprint density at radius 3 is 1.45 bits per heavy atom. The molecule has 42 heavy (non-hydrogen) atoms. The first-order chi connectivity index (χ1) is 18.6. The van der Waals surface area contributed by atoms with Gasteiger partial charge in [-0.15, -0.1) is 0 Å².